The number of rotatable bonds is 5. The lowest BCUT2D eigenvalue weighted by molar-refractivity contribution is 0.181. The molecule has 1 aromatic rings. The number of sulfonamides is 1. The molecule has 0 aromatic heterocycles. The Morgan fingerprint density at radius 2 is 2.19 bits per heavy atom. The standard InChI is InChI=1S/C14H21ClN2O3S/c1-3-17(8-11-4-5-20-9-11)21(18,19)12-6-10(2)14(15)13(16)7-12/h6-7,11H,3-5,8-9,16H2,1-2H3. The summed E-state index contributed by atoms with van der Waals surface area (Å²) in [6.07, 6.45) is 0.897. The van der Waals surface area contributed by atoms with Crippen LogP contribution in [0, 0.1) is 12.8 Å². The molecule has 1 unspecified atom stereocenters. The third-order valence-electron chi connectivity index (χ3n) is 3.73. The first-order valence-electron chi connectivity index (χ1n) is 6.99. The van der Waals surface area contributed by atoms with Crippen molar-refractivity contribution in [3.8, 4) is 0 Å². The molecule has 0 saturated carbocycles. The Hall–Kier alpha value is -0.820. The first kappa shape index (κ1) is 16.5. The van der Waals surface area contributed by atoms with Crippen molar-refractivity contribution in [1.29, 1.82) is 0 Å². The molecule has 1 saturated heterocycles. The lowest BCUT2D eigenvalue weighted by atomic mass is 10.1. The molecule has 1 aliphatic heterocycles. The van der Waals surface area contributed by atoms with Crippen molar-refractivity contribution in [2.75, 3.05) is 32.0 Å². The molecule has 2 rings (SSSR count). The van der Waals surface area contributed by atoms with E-state index < -0.39 is 10.0 Å². The quantitative estimate of drug-likeness (QED) is 0.839. The molecule has 7 heteroatoms. The molecule has 21 heavy (non-hydrogen) atoms. The highest BCUT2D eigenvalue weighted by Crippen LogP contribution is 2.29. The van der Waals surface area contributed by atoms with Crippen LogP contribution < -0.4 is 5.73 Å². The van der Waals surface area contributed by atoms with Crippen LogP contribution in [0.25, 0.3) is 0 Å². The minimum absolute atomic E-state index is 0.197. The number of hydrogen-bond acceptors (Lipinski definition) is 4. The van der Waals surface area contributed by atoms with Crippen LogP contribution in [0.5, 0.6) is 0 Å². The fraction of sp³-hybridized carbons (Fsp3) is 0.571. The summed E-state index contributed by atoms with van der Waals surface area (Å²) in [5, 5.41) is 0.404. The van der Waals surface area contributed by atoms with Crippen LogP contribution >= 0.6 is 11.6 Å². The van der Waals surface area contributed by atoms with E-state index in [1.165, 1.54) is 10.4 Å². The van der Waals surface area contributed by atoms with E-state index in [-0.39, 0.29) is 16.5 Å². The number of nitrogens with zero attached hydrogens (tertiary/aromatic N) is 1. The molecule has 0 spiro atoms. The Labute approximate surface area is 131 Å². The lowest BCUT2D eigenvalue weighted by Crippen LogP contribution is -2.35. The molecule has 1 fully saturated rings. The smallest absolute Gasteiger partial charge is 0.243 e. The molecular weight excluding hydrogens is 312 g/mol. The van der Waals surface area contributed by atoms with E-state index in [1.807, 2.05) is 6.92 Å². The first-order valence-corrected chi connectivity index (χ1v) is 8.81. The molecule has 5 nitrogen and oxygen atoms in total. The fourth-order valence-electron chi connectivity index (χ4n) is 2.47. The van der Waals surface area contributed by atoms with Crippen LogP contribution in [0.4, 0.5) is 5.69 Å². The van der Waals surface area contributed by atoms with Crippen molar-refractivity contribution in [2.45, 2.75) is 25.2 Å². The number of hydrogen-bond donors (Lipinski definition) is 1. The largest absolute Gasteiger partial charge is 0.397 e. The van der Waals surface area contributed by atoms with Gasteiger partial charge in [0.15, 0.2) is 0 Å². The highest BCUT2D eigenvalue weighted by atomic mass is 35.5. The zero-order valence-electron chi connectivity index (χ0n) is 12.3. The summed E-state index contributed by atoms with van der Waals surface area (Å²) in [5.74, 6) is 0.255. The van der Waals surface area contributed by atoms with Crippen LogP contribution in [-0.4, -0.2) is 39.0 Å². The van der Waals surface area contributed by atoms with Crippen molar-refractivity contribution >= 4 is 27.3 Å². The van der Waals surface area contributed by atoms with Gasteiger partial charge in [-0.25, -0.2) is 8.42 Å². The SMILES string of the molecule is CCN(CC1CCOC1)S(=O)(=O)c1cc(C)c(Cl)c(N)c1. The van der Waals surface area contributed by atoms with Gasteiger partial charge >= 0.3 is 0 Å². The van der Waals surface area contributed by atoms with Gasteiger partial charge < -0.3 is 10.5 Å². The van der Waals surface area contributed by atoms with E-state index in [0.29, 0.717) is 36.9 Å². The molecule has 0 amide bonds. The van der Waals surface area contributed by atoms with Gasteiger partial charge in [0.25, 0.3) is 0 Å². The normalized spacial score (nSPS) is 19.3. The third-order valence-corrected chi connectivity index (χ3v) is 6.17. The van der Waals surface area contributed by atoms with E-state index in [9.17, 15) is 8.42 Å². The summed E-state index contributed by atoms with van der Waals surface area (Å²) < 4.78 is 32.3. The summed E-state index contributed by atoms with van der Waals surface area (Å²) in [6, 6.07) is 3.00. The summed E-state index contributed by atoms with van der Waals surface area (Å²) in [5.41, 5.74) is 6.74. The number of halogens is 1. The molecule has 118 valence electrons. The van der Waals surface area contributed by atoms with Crippen LogP contribution in [0.15, 0.2) is 17.0 Å². The van der Waals surface area contributed by atoms with Gasteiger partial charge in [0.1, 0.15) is 0 Å². The summed E-state index contributed by atoms with van der Waals surface area (Å²) in [6.45, 7) is 5.79. The summed E-state index contributed by atoms with van der Waals surface area (Å²) in [4.78, 5) is 0.197. The van der Waals surface area contributed by atoms with Crippen molar-refractivity contribution in [1.82, 2.24) is 4.31 Å². The molecule has 1 heterocycles. The van der Waals surface area contributed by atoms with Gasteiger partial charge in [-0.3, -0.25) is 0 Å². The lowest BCUT2D eigenvalue weighted by Gasteiger charge is -2.23. The maximum absolute atomic E-state index is 12.8. The van der Waals surface area contributed by atoms with Gasteiger partial charge in [-0.2, -0.15) is 4.31 Å². The molecule has 1 atom stereocenters. The van der Waals surface area contributed by atoms with Gasteiger partial charge in [-0.05, 0) is 37.0 Å². The van der Waals surface area contributed by atoms with Crippen LogP contribution in [0.3, 0.4) is 0 Å². The minimum Gasteiger partial charge on any atom is -0.397 e. The number of nitrogens with two attached hydrogens (primary N) is 1. The second-order valence-corrected chi connectivity index (χ2v) is 7.64. The van der Waals surface area contributed by atoms with Crippen molar-refractivity contribution in [2.24, 2.45) is 5.92 Å². The van der Waals surface area contributed by atoms with Gasteiger partial charge in [-0.1, -0.05) is 18.5 Å². The van der Waals surface area contributed by atoms with E-state index in [4.69, 9.17) is 22.1 Å². The maximum Gasteiger partial charge on any atom is 0.243 e. The van der Waals surface area contributed by atoms with Gasteiger partial charge in [0, 0.05) is 19.7 Å². The number of aryl methyl sites for hydroxylation is 1. The monoisotopic (exact) mass is 332 g/mol. The van der Waals surface area contributed by atoms with E-state index >= 15 is 0 Å². The number of benzene rings is 1. The second kappa shape index (κ2) is 6.52. The van der Waals surface area contributed by atoms with E-state index in [1.54, 1.807) is 13.0 Å². The van der Waals surface area contributed by atoms with Gasteiger partial charge in [-0.15, -0.1) is 0 Å². The Kier molecular flexibility index (Phi) is 5.14. The predicted octanol–water partition coefficient (Wildman–Crippen LogP) is 2.28. The predicted molar refractivity (Wildman–Crippen MR) is 84.0 cm³/mol. The Bertz CT molecular complexity index is 590. The number of ether oxygens (including phenoxy) is 1. The molecule has 0 bridgehead atoms. The average Bonchev–Trinajstić information content (AvgIpc) is 2.94. The number of anilines is 1. The molecular formula is C14H21ClN2O3S. The highest BCUT2D eigenvalue weighted by Gasteiger charge is 2.28. The van der Waals surface area contributed by atoms with Crippen molar-refractivity contribution < 1.29 is 13.2 Å². The molecule has 0 aliphatic carbocycles. The van der Waals surface area contributed by atoms with Crippen molar-refractivity contribution in [3.05, 3.63) is 22.7 Å². The zero-order valence-corrected chi connectivity index (χ0v) is 13.9. The van der Waals surface area contributed by atoms with Crippen LogP contribution in [0.2, 0.25) is 5.02 Å². The van der Waals surface area contributed by atoms with Gasteiger partial charge in [0.05, 0.1) is 22.2 Å². The molecule has 2 N–H and O–H groups in total. The topological polar surface area (TPSA) is 72.6 Å². The number of nitrogen functional groups attached to an aromatic ring is 1. The molecule has 1 aromatic carbocycles. The van der Waals surface area contributed by atoms with E-state index in [0.717, 1.165) is 6.42 Å². The molecule has 0 radical (unpaired) electrons. The summed E-state index contributed by atoms with van der Waals surface area (Å²) in [7, 11) is -3.56. The fourth-order valence-corrected chi connectivity index (χ4v) is 4.23. The van der Waals surface area contributed by atoms with Crippen molar-refractivity contribution in [3.63, 3.8) is 0 Å². The van der Waals surface area contributed by atoms with Crippen LogP contribution in [0.1, 0.15) is 18.9 Å². The maximum atomic E-state index is 12.8. The molecule has 1 aliphatic rings. The Morgan fingerprint density at radius 1 is 1.48 bits per heavy atom. The average molecular weight is 333 g/mol. The minimum atomic E-state index is -3.56. The highest BCUT2D eigenvalue weighted by molar-refractivity contribution is 7.89. The van der Waals surface area contributed by atoms with E-state index in [2.05, 4.69) is 0 Å². The second-order valence-electron chi connectivity index (χ2n) is 5.33. The van der Waals surface area contributed by atoms with Crippen LogP contribution in [-0.2, 0) is 14.8 Å². The Morgan fingerprint density at radius 3 is 2.71 bits per heavy atom. The Balaban J connectivity index is 2.30. The zero-order chi connectivity index (χ0) is 15.6. The summed E-state index contributed by atoms with van der Waals surface area (Å²) >= 11 is 6.00. The third kappa shape index (κ3) is 3.51. The van der Waals surface area contributed by atoms with Gasteiger partial charge in [0.2, 0.25) is 10.0 Å². The first-order chi connectivity index (χ1) is 9.86.